The zero-order chi connectivity index (χ0) is 10.7. The average Bonchev–Trinajstić information content (AvgIpc) is 2.71. The molecule has 2 N–H and O–H groups in total. The lowest BCUT2D eigenvalue weighted by molar-refractivity contribution is 0.425. The van der Waals surface area contributed by atoms with Crippen LogP contribution in [0.25, 0.3) is 0 Å². The van der Waals surface area contributed by atoms with E-state index < -0.39 is 7.12 Å². The lowest BCUT2D eigenvalue weighted by Gasteiger charge is -2.13. The van der Waals surface area contributed by atoms with Crippen LogP contribution in [0.3, 0.4) is 0 Å². The molecule has 5 heteroatoms. The second-order valence-electron chi connectivity index (χ2n) is 3.67. The molecule has 0 saturated carbocycles. The van der Waals surface area contributed by atoms with Gasteiger partial charge in [0.15, 0.2) is 0 Å². The molecule has 1 aromatic carbocycles. The van der Waals surface area contributed by atoms with Gasteiger partial charge in [-0.05, 0) is 42.4 Å². The summed E-state index contributed by atoms with van der Waals surface area (Å²) in [6.45, 7) is 2.24. The first-order valence-electron chi connectivity index (χ1n) is 5.15. The standard InChI is InChI=1S/C10H14BNO2S/c13-11(14)9-4-3-5-10(8-9)15-12-6-1-2-7-12/h3-5,8,13-14H,1-2,6-7H2. The van der Waals surface area contributed by atoms with E-state index in [2.05, 4.69) is 4.31 Å². The van der Waals surface area contributed by atoms with Crippen LogP contribution >= 0.6 is 11.9 Å². The zero-order valence-electron chi connectivity index (χ0n) is 8.47. The van der Waals surface area contributed by atoms with Gasteiger partial charge in [0.1, 0.15) is 0 Å². The molecule has 0 unspecified atom stereocenters. The fourth-order valence-electron chi connectivity index (χ4n) is 1.66. The number of benzene rings is 1. The van der Waals surface area contributed by atoms with Crippen LogP contribution in [0, 0.1) is 0 Å². The van der Waals surface area contributed by atoms with Crippen molar-refractivity contribution in [3.63, 3.8) is 0 Å². The van der Waals surface area contributed by atoms with Crippen LogP contribution in [0.1, 0.15) is 12.8 Å². The molecule has 80 valence electrons. The Morgan fingerprint density at radius 2 is 1.93 bits per heavy atom. The molecule has 1 aromatic rings. The SMILES string of the molecule is OB(O)c1cccc(SN2CCCC2)c1. The van der Waals surface area contributed by atoms with Crippen molar-refractivity contribution in [2.45, 2.75) is 17.7 Å². The molecule has 0 spiro atoms. The lowest BCUT2D eigenvalue weighted by Crippen LogP contribution is -2.29. The van der Waals surface area contributed by atoms with E-state index in [9.17, 15) is 0 Å². The number of hydrogen-bond acceptors (Lipinski definition) is 4. The second-order valence-corrected chi connectivity index (χ2v) is 4.84. The maximum Gasteiger partial charge on any atom is 0.488 e. The molecule has 1 fully saturated rings. The molecule has 2 rings (SSSR count). The van der Waals surface area contributed by atoms with Gasteiger partial charge in [0, 0.05) is 18.0 Å². The van der Waals surface area contributed by atoms with E-state index >= 15 is 0 Å². The van der Waals surface area contributed by atoms with Gasteiger partial charge < -0.3 is 10.0 Å². The summed E-state index contributed by atoms with van der Waals surface area (Å²) in [4.78, 5) is 1.07. The highest BCUT2D eigenvalue weighted by molar-refractivity contribution is 7.97. The smallest absolute Gasteiger partial charge is 0.423 e. The molecule has 0 atom stereocenters. The summed E-state index contributed by atoms with van der Waals surface area (Å²) in [6, 6.07) is 7.40. The summed E-state index contributed by atoms with van der Waals surface area (Å²) >= 11 is 1.69. The maximum absolute atomic E-state index is 9.04. The van der Waals surface area contributed by atoms with E-state index in [1.54, 1.807) is 18.0 Å². The summed E-state index contributed by atoms with van der Waals surface area (Å²) in [5.74, 6) is 0. The third-order valence-corrected chi connectivity index (χ3v) is 3.54. The minimum atomic E-state index is -1.37. The van der Waals surface area contributed by atoms with Crippen molar-refractivity contribution >= 4 is 24.5 Å². The van der Waals surface area contributed by atoms with Crippen molar-refractivity contribution in [3.8, 4) is 0 Å². The quantitative estimate of drug-likeness (QED) is 0.577. The van der Waals surface area contributed by atoms with Crippen molar-refractivity contribution < 1.29 is 10.0 Å². The molecule has 1 aliphatic heterocycles. The van der Waals surface area contributed by atoms with E-state index in [1.807, 2.05) is 18.2 Å². The molecule has 0 aliphatic carbocycles. The van der Waals surface area contributed by atoms with Gasteiger partial charge in [0.2, 0.25) is 0 Å². The predicted molar refractivity (Wildman–Crippen MR) is 62.9 cm³/mol. The van der Waals surface area contributed by atoms with Crippen LogP contribution in [0.5, 0.6) is 0 Å². The maximum atomic E-state index is 9.04. The van der Waals surface area contributed by atoms with Gasteiger partial charge in [-0.3, -0.25) is 0 Å². The first-order chi connectivity index (χ1) is 7.25. The first-order valence-corrected chi connectivity index (χ1v) is 5.92. The Morgan fingerprint density at radius 3 is 2.60 bits per heavy atom. The Bertz CT molecular complexity index is 329. The average molecular weight is 223 g/mol. The Labute approximate surface area is 94.4 Å². The Morgan fingerprint density at radius 1 is 1.20 bits per heavy atom. The number of nitrogens with zero attached hydrogens (tertiary/aromatic N) is 1. The molecular formula is C10H14BNO2S. The van der Waals surface area contributed by atoms with Crippen molar-refractivity contribution in [1.82, 2.24) is 4.31 Å². The Hall–Kier alpha value is -0.485. The molecule has 15 heavy (non-hydrogen) atoms. The molecule has 3 nitrogen and oxygen atoms in total. The molecule has 1 aliphatic rings. The van der Waals surface area contributed by atoms with E-state index in [0.29, 0.717) is 5.46 Å². The van der Waals surface area contributed by atoms with E-state index in [1.165, 1.54) is 12.8 Å². The molecule has 0 amide bonds. The molecular weight excluding hydrogens is 209 g/mol. The fraction of sp³-hybridized carbons (Fsp3) is 0.400. The first kappa shape index (κ1) is 11.0. The van der Waals surface area contributed by atoms with Crippen LogP contribution < -0.4 is 5.46 Å². The summed E-state index contributed by atoms with van der Waals surface area (Å²) in [5, 5.41) is 18.1. The molecule has 0 radical (unpaired) electrons. The molecule has 0 bridgehead atoms. The highest BCUT2D eigenvalue weighted by Gasteiger charge is 2.15. The number of rotatable bonds is 3. The van der Waals surface area contributed by atoms with Gasteiger partial charge in [-0.15, -0.1) is 0 Å². The lowest BCUT2D eigenvalue weighted by atomic mass is 9.81. The number of hydrogen-bond donors (Lipinski definition) is 2. The summed E-state index contributed by atoms with van der Waals surface area (Å²) in [7, 11) is -1.37. The van der Waals surface area contributed by atoms with Gasteiger partial charge in [-0.1, -0.05) is 12.1 Å². The molecule has 1 heterocycles. The van der Waals surface area contributed by atoms with Crippen molar-refractivity contribution in [2.75, 3.05) is 13.1 Å². The highest BCUT2D eigenvalue weighted by Crippen LogP contribution is 2.25. The Kier molecular flexibility index (Phi) is 3.69. The van der Waals surface area contributed by atoms with Gasteiger partial charge in [-0.2, -0.15) is 0 Å². The van der Waals surface area contributed by atoms with E-state index in [0.717, 1.165) is 18.0 Å². The van der Waals surface area contributed by atoms with Crippen LogP contribution in [-0.4, -0.2) is 34.6 Å². The predicted octanol–water partition coefficient (Wildman–Crippen LogP) is 0.469. The van der Waals surface area contributed by atoms with Crippen LogP contribution in [0.4, 0.5) is 0 Å². The summed E-state index contributed by atoms with van der Waals surface area (Å²) < 4.78 is 2.31. The third-order valence-electron chi connectivity index (χ3n) is 2.46. The molecule has 1 saturated heterocycles. The van der Waals surface area contributed by atoms with Gasteiger partial charge >= 0.3 is 7.12 Å². The van der Waals surface area contributed by atoms with Gasteiger partial charge in [0.25, 0.3) is 0 Å². The van der Waals surface area contributed by atoms with Crippen LogP contribution in [-0.2, 0) is 0 Å². The van der Waals surface area contributed by atoms with E-state index in [4.69, 9.17) is 10.0 Å². The van der Waals surface area contributed by atoms with Gasteiger partial charge in [0.05, 0.1) is 0 Å². The van der Waals surface area contributed by atoms with Crippen LogP contribution in [0.15, 0.2) is 29.2 Å². The monoisotopic (exact) mass is 223 g/mol. The minimum absolute atomic E-state index is 0.555. The molecule has 0 aromatic heterocycles. The summed E-state index contributed by atoms with van der Waals surface area (Å²) in [5.41, 5.74) is 0.555. The van der Waals surface area contributed by atoms with E-state index in [-0.39, 0.29) is 0 Å². The van der Waals surface area contributed by atoms with Crippen molar-refractivity contribution in [1.29, 1.82) is 0 Å². The topological polar surface area (TPSA) is 43.7 Å². The largest absolute Gasteiger partial charge is 0.488 e. The second kappa shape index (κ2) is 5.03. The van der Waals surface area contributed by atoms with Gasteiger partial charge in [-0.25, -0.2) is 4.31 Å². The normalized spacial score (nSPS) is 16.9. The van der Waals surface area contributed by atoms with Crippen LogP contribution in [0.2, 0.25) is 0 Å². The van der Waals surface area contributed by atoms with Crippen molar-refractivity contribution in [3.05, 3.63) is 24.3 Å². The fourth-order valence-corrected chi connectivity index (χ4v) is 2.73. The van der Waals surface area contributed by atoms with Crippen molar-refractivity contribution in [2.24, 2.45) is 0 Å². The third kappa shape index (κ3) is 2.98. The Balaban J connectivity index is 2.04. The summed E-state index contributed by atoms with van der Waals surface area (Å²) in [6.07, 6.45) is 2.52. The minimum Gasteiger partial charge on any atom is -0.423 e. The highest BCUT2D eigenvalue weighted by atomic mass is 32.2. The zero-order valence-corrected chi connectivity index (χ0v) is 9.28.